The number of carboxylic acids is 1. The molecule has 33 heavy (non-hydrogen) atoms. The maximum absolute atomic E-state index is 12.4. The summed E-state index contributed by atoms with van der Waals surface area (Å²) in [6.45, 7) is 1.63. The van der Waals surface area contributed by atoms with E-state index in [4.69, 9.17) is 28.3 Å². The van der Waals surface area contributed by atoms with Gasteiger partial charge in [-0.15, -0.1) is 22.7 Å². The van der Waals surface area contributed by atoms with Gasteiger partial charge >= 0.3 is 5.97 Å². The number of halogens is 2. The Morgan fingerprint density at radius 2 is 1.76 bits per heavy atom. The summed E-state index contributed by atoms with van der Waals surface area (Å²) in [4.78, 5) is 36.0. The number of aliphatic carboxylic acids is 1. The first-order chi connectivity index (χ1) is 15.7. The minimum absolute atomic E-state index is 0.00494. The highest BCUT2D eigenvalue weighted by Crippen LogP contribution is 2.40. The van der Waals surface area contributed by atoms with Gasteiger partial charge in [0.25, 0.3) is 11.8 Å². The van der Waals surface area contributed by atoms with Crippen molar-refractivity contribution in [2.24, 2.45) is 5.10 Å². The van der Waals surface area contributed by atoms with Crippen LogP contribution in [0.3, 0.4) is 0 Å². The molecule has 0 aliphatic heterocycles. The molecule has 0 spiro atoms. The van der Waals surface area contributed by atoms with Gasteiger partial charge in [-0.3, -0.25) is 14.4 Å². The Bertz CT molecular complexity index is 1250. The molecule has 4 N–H and O–H groups in total. The van der Waals surface area contributed by atoms with Crippen LogP contribution in [-0.4, -0.2) is 40.3 Å². The average Bonchev–Trinajstić information content (AvgIpc) is 3.41. The summed E-state index contributed by atoms with van der Waals surface area (Å²) in [6, 6.07) is 7.98. The van der Waals surface area contributed by atoms with Gasteiger partial charge in [-0.25, -0.2) is 5.43 Å². The van der Waals surface area contributed by atoms with Gasteiger partial charge in [-0.2, -0.15) is 5.10 Å². The van der Waals surface area contributed by atoms with Crippen molar-refractivity contribution in [3.05, 3.63) is 61.1 Å². The highest BCUT2D eigenvalue weighted by atomic mass is 35.5. The molecule has 3 rings (SSSR count). The SMILES string of the molecule is C/C(=N/NC(=O)c1ccc(C(=O)NCCC(=O)O)s1)c1csc(-c2ccc(Cl)c(Cl)c2)c1O. The van der Waals surface area contributed by atoms with Crippen LogP contribution in [0.25, 0.3) is 10.4 Å². The number of aromatic hydroxyl groups is 1. The van der Waals surface area contributed by atoms with E-state index in [1.54, 1.807) is 30.5 Å². The van der Waals surface area contributed by atoms with Crippen molar-refractivity contribution in [3.8, 4) is 16.2 Å². The van der Waals surface area contributed by atoms with E-state index < -0.39 is 17.8 Å². The lowest BCUT2D eigenvalue weighted by molar-refractivity contribution is -0.136. The smallest absolute Gasteiger partial charge is 0.305 e. The number of carboxylic acid groups (broad SMARTS) is 1. The predicted octanol–water partition coefficient (Wildman–Crippen LogP) is 4.85. The third-order valence-electron chi connectivity index (χ3n) is 4.34. The van der Waals surface area contributed by atoms with Crippen LogP contribution in [0.2, 0.25) is 10.0 Å². The molecule has 0 unspecified atom stereocenters. The summed E-state index contributed by atoms with van der Waals surface area (Å²) in [6.07, 6.45) is -0.194. The summed E-state index contributed by atoms with van der Waals surface area (Å²) >= 11 is 14.2. The Morgan fingerprint density at radius 3 is 2.42 bits per heavy atom. The number of hydrazone groups is 1. The van der Waals surface area contributed by atoms with Gasteiger partial charge in [-0.1, -0.05) is 29.3 Å². The van der Waals surface area contributed by atoms with Crippen molar-refractivity contribution in [1.82, 2.24) is 10.7 Å². The topological polar surface area (TPSA) is 128 Å². The molecular weight excluding hydrogens is 509 g/mol. The molecule has 0 aliphatic carbocycles. The second kappa shape index (κ2) is 10.8. The van der Waals surface area contributed by atoms with Crippen molar-refractivity contribution < 1.29 is 24.6 Å². The van der Waals surface area contributed by atoms with E-state index in [2.05, 4.69) is 15.8 Å². The standard InChI is InChI=1S/C21H17Cl2N3O5S2/c1-10(12-9-32-19(18(12)29)11-2-3-13(22)14(23)8-11)25-26-21(31)16-5-4-15(33-16)20(30)24-7-6-17(27)28/h2-5,8-9,29H,6-7H2,1H3,(H,24,30)(H,26,31)(H,27,28)/b25-10-. The summed E-state index contributed by atoms with van der Waals surface area (Å²) in [5.41, 5.74) is 3.93. The first-order valence-electron chi connectivity index (χ1n) is 9.38. The number of hydrogen-bond donors (Lipinski definition) is 4. The lowest BCUT2D eigenvalue weighted by Gasteiger charge is -2.04. The number of amides is 2. The van der Waals surface area contributed by atoms with E-state index in [1.165, 1.54) is 23.5 Å². The molecule has 12 heteroatoms. The van der Waals surface area contributed by atoms with Gasteiger partial charge in [0.1, 0.15) is 5.75 Å². The van der Waals surface area contributed by atoms with E-state index in [0.717, 1.165) is 11.3 Å². The molecule has 0 saturated carbocycles. The number of rotatable bonds is 8. The fourth-order valence-electron chi connectivity index (χ4n) is 2.65. The van der Waals surface area contributed by atoms with E-state index in [-0.39, 0.29) is 28.5 Å². The molecule has 0 atom stereocenters. The number of nitrogens with zero attached hydrogens (tertiary/aromatic N) is 1. The first-order valence-corrected chi connectivity index (χ1v) is 11.8. The Kier molecular flexibility index (Phi) is 8.09. The summed E-state index contributed by atoms with van der Waals surface area (Å²) in [5.74, 6) is -2.00. The highest BCUT2D eigenvalue weighted by Gasteiger charge is 2.17. The number of nitrogens with one attached hydrogen (secondary N) is 2. The van der Waals surface area contributed by atoms with E-state index in [9.17, 15) is 19.5 Å². The third kappa shape index (κ3) is 6.11. The number of hydrogen-bond acceptors (Lipinski definition) is 7. The van der Waals surface area contributed by atoms with Crippen LogP contribution in [0, 0.1) is 0 Å². The minimum atomic E-state index is -1.02. The molecule has 0 fully saturated rings. The van der Waals surface area contributed by atoms with Gasteiger partial charge in [0.2, 0.25) is 0 Å². The maximum Gasteiger partial charge on any atom is 0.305 e. The molecule has 1 aromatic carbocycles. The van der Waals surface area contributed by atoms with E-state index >= 15 is 0 Å². The molecule has 2 amide bonds. The Balaban J connectivity index is 1.67. The number of carbonyl (C=O) groups excluding carboxylic acids is 2. The van der Waals surface area contributed by atoms with Crippen molar-refractivity contribution in [2.45, 2.75) is 13.3 Å². The zero-order chi connectivity index (χ0) is 24.1. The fourth-order valence-corrected chi connectivity index (χ4v) is 4.77. The lowest BCUT2D eigenvalue weighted by atomic mass is 10.1. The predicted molar refractivity (Wildman–Crippen MR) is 130 cm³/mol. The van der Waals surface area contributed by atoms with Gasteiger partial charge in [0.05, 0.1) is 42.4 Å². The van der Waals surface area contributed by atoms with Gasteiger partial charge in [0, 0.05) is 11.9 Å². The van der Waals surface area contributed by atoms with Crippen LogP contribution < -0.4 is 10.7 Å². The Hall–Kier alpha value is -2.92. The molecular formula is C21H17Cl2N3O5S2. The number of carbonyl (C=O) groups is 3. The number of benzene rings is 1. The zero-order valence-electron chi connectivity index (χ0n) is 17.0. The molecule has 3 aromatic rings. The summed E-state index contributed by atoms with van der Waals surface area (Å²) in [7, 11) is 0. The van der Waals surface area contributed by atoms with Gasteiger partial charge in [-0.05, 0) is 36.8 Å². The Morgan fingerprint density at radius 1 is 1.06 bits per heavy atom. The van der Waals surface area contributed by atoms with Crippen molar-refractivity contribution in [3.63, 3.8) is 0 Å². The molecule has 8 nitrogen and oxygen atoms in total. The average molecular weight is 526 g/mol. The van der Waals surface area contributed by atoms with Crippen LogP contribution >= 0.6 is 45.9 Å². The Labute approximate surface area is 206 Å². The molecule has 0 saturated heterocycles. The van der Waals surface area contributed by atoms with E-state index in [1.807, 2.05) is 0 Å². The largest absolute Gasteiger partial charge is 0.506 e. The number of thiophene rings is 2. The van der Waals surface area contributed by atoms with Crippen molar-refractivity contribution >= 4 is 69.4 Å². The maximum atomic E-state index is 12.4. The van der Waals surface area contributed by atoms with Crippen LogP contribution in [0.5, 0.6) is 5.75 Å². The van der Waals surface area contributed by atoms with Crippen LogP contribution in [0.4, 0.5) is 0 Å². The molecule has 2 heterocycles. The quantitative estimate of drug-likeness (QED) is 0.247. The van der Waals surface area contributed by atoms with Gasteiger partial charge < -0.3 is 15.5 Å². The molecule has 0 radical (unpaired) electrons. The molecule has 172 valence electrons. The highest BCUT2D eigenvalue weighted by molar-refractivity contribution is 7.16. The third-order valence-corrected chi connectivity index (χ3v) is 7.18. The van der Waals surface area contributed by atoms with Crippen molar-refractivity contribution in [2.75, 3.05) is 6.54 Å². The second-order valence-corrected chi connectivity index (χ2v) is 9.44. The van der Waals surface area contributed by atoms with Crippen LogP contribution in [0.15, 0.2) is 40.8 Å². The minimum Gasteiger partial charge on any atom is -0.506 e. The fraction of sp³-hybridized carbons (Fsp3) is 0.143. The molecule has 2 aromatic heterocycles. The lowest BCUT2D eigenvalue weighted by Crippen LogP contribution is -2.25. The summed E-state index contributed by atoms with van der Waals surface area (Å²) in [5, 5.41) is 28.3. The summed E-state index contributed by atoms with van der Waals surface area (Å²) < 4.78 is 0. The normalized spacial score (nSPS) is 11.3. The monoisotopic (exact) mass is 525 g/mol. The van der Waals surface area contributed by atoms with Crippen LogP contribution in [0.1, 0.15) is 38.3 Å². The van der Waals surface area contributed by atoms with Crippen molar-refractivity contribution in [1.29, 1.82) is 0 Å². The molecule has 0 bridgehead atoms. The van der Waals surface area contributed by atoms with Crippen LogP contribution in [-0.2, 0) is 4.79 Å². The van der Waals surface area contributed by atoms with E-state index in [0.29, 0.717) is 31.8 Å². The van der Waals surface area contributed by atoms with Gasteiger partial charge in [0.15, 0.2) is 0 Å². The molecule has 0 aliphatic rings. The second-order valence-electron chi connectivity index (χ2n) is 6.66. The first kappa shape index (κ1) is 24.7. The zero-order valence-corrected chi connectivity index (χ0v) is 20.2.